The molecule has 124 valence electrons. The molecule has 0 bridgehead atoms. The van der Waals surface area contributed by atoms with Crippen LogP contribution >= 0.6 is 15.9 Å². The van der Waals surface area contributed by atoms with Crippen molar-refractivity contribution in [2.45, 2.75) is 57.8 Å². The van der Waals surface area contributed by atoms with Crippen LogP contribution in [0.1, 0.15) is 33.6 Å². The van der Waals surface area contributed by atoms with Crippen LogP contribution in [0.2, 0.25) is 18.1 Å². The van der Waals surface area contributed by atoms with Crippen LogP contribution in [0, 0.1) is 5.82 Å². The van der Waals surface area contributed by atoms with Crippen LogP contribution in [0.25, 0.3) is 0 Å². The molecule has 1 aromatic rings. The number of hydrogen-bond acceptors (Lipinski definition) is 2. The Balaban J connectivity index is 1.96. The summed E-state index contributed by atoms with van der Waals surface area (Å²) in [6.07, 6.45) is 2.37. The summed E-state index contributed by atoms with van der Waals surface area (Å²) in [5.41, 5.74) is 0.956. The van der Waals surface area contributed by atoms with E-state index in [0.717, 1.165) is 36.1 Å². The molecule has 0 aliphatic carbocycles. The van der Waals surface area contributed by atoms with E-state index in [4.69, 9.17) is 4.43 Å². The highest BCUT2D eigenvalue weighted by atomic mass is 79.9. The van der Waals surface area contributed by atoms with Crippen LogP contribution in [0.15, 0.2) is 22.7 Å². The lowest BCUT2D eigenvalue weighted by Gasteiger charge is -2.42. The molecule has 1 fully saturated rings. The highest BCUT2D eigenvalue weighted by molar-refractivity contribution is 9.10. The minimum Gasteiger partial charge on any atom is -0.414 e. The van der Waals surface area contributed by atoms with Crippen molar-refractivity contribution < 1.29 is 8.82 Å². The Bertz CT molecular complexity index is 502. The predicted octanol–water partition coefficient (Wildman–Crippen LogP) is 5.58. The lowest BCUT2D eigenvalue weighted by Crippen LogP contribution is -2.47. The van der Waals surface area contributed by atoms with E-state index in [1.807, 2.05) is 6.07 Å². The van der Waals surface area contributed by atoms with Gasteiger partial charge in [0.2, 0.25) is 0 Å². The lowest BCUT2D eigenvalue weighted by atomic mass is 10.1. The predicted molar refractivity (Wildman–Crippen MR) is 97.6 cm³/mol. The van der Waals surface area contributed by atoms with Crippen molar-refractivity contribution in [3.8, 4) is 0 Å². The van der Waals surface area contributed by atoms with Gasteiger partial charge in [-0.2, -0.15) is 0 Å². The smallest absolute Gasteiger partial charge is 0.192 e. The monoisotopic (exact) mass is 387 g/mol. The van der Waals surface area contributed by atoms with Crippen LogP contribution in [-0.4, -0.2) is 27.5 Å². The number of benzene rings is 1. The summed E-state index contributed by atoms with van der Waals surface area (Å²) in [5.74, 6) is -0.191. The Kier molecular flexibility index (Phi) is 5.40. The van der Waals surface area contributed by atoms with Gasteiger partial charge >= 0.3 is 0 Å². The third-order valence-electron chi connectivity index (χ3n) is 4.92. The van der Waals surface area contributed by atoms with Crippen molar-refractivity contribution in [2.24, 2.45) is 0 Å². The third-order valence-corrected chi connectivity index (χ3v) is 9.91. The zero-order valence-electron chi connectivity index (χ0n) is 14.2. The van der Waals surface area contributed by atoms with Crippen LogP contribution in [0.5, 0.6) is 0 Å². The number of piperidine rings is 1. The van der Waals surface area contributed by atoms with Crippen LogP contribution in [0.4, 0.5) is 10.1 Å². The molecule has 22 heavy (non-hydrogen) atoms. The van der Waals surface area contributed by atoms with Crippen molar-refractivity contribution in [3.05, 3.63) is 28.5 Å². The largest absolute Gasteiger partial charge is 0.414 e. The summed E-state index contributed by atoms with van der Waals surface area (Å²) in [6.45, 7) is 13.3. The molecular formula is C17H27BrFNOSi. The number of rotatable bonds is 3. The topological polar surface area (TPSA) is 12.5 Å². The van der Waals surface area contributed by atoms with Gasteiger partial charge in [-0.15, -0.1) is 0 Å². The Morgan fingerprint density at radius 2 is 1.77 bits per heavy atom. The fourth-order valence-corrected chi connectivity index (χ4v) is 4.42. The maximum atomic E-state index is 13.5. The molecule has 0 amide bonds. The standard InChI is InChI=1S/C17H27BrFNOSi/c1-17(2,3)22(4,5)21-16-6-8-20(9-7-16)15-11-13(18)10-14(19)12-15/h10-12,16H,6-9H2,1-5H3. The average molecular weight is 388 g/mol. The first-order valence-corrected chi connectivity index (χ1v) is 11.7. The van der Waals surface area contributed by atoms with Gasteiger partial charge in [-0.25, -0.2) is 4.39 Å². The molecule has 0 aromatic heterocycles. The second-order valence-electron chi connectivity index (χ2n) is 7.69. The van der Waals surface area contributed by atoms with Gasteiger partial charge in [0.1, 0.15) is 5.82 Å². The van der Waals surface area contributed by atoms with Crippen LogP contribution in [-0.2, 0) is 4.43 Å². The highest BCUT2D eigenvalue weighted by Gasteiger charge is 2.39. The Labute approximate surface area is 143 Å². The summed E-state index contributed by atoms with van der Waals surface area (Å²) < 4.78 is 20.8. The summed E-state index contributed by atoms with van der Waals surface area (Å²) >= 11 is 3.37. The van der Waals surface area contributed by atoms with Crippen LogP contribution < -0.4 is 4.90 Å². The van der Waals surface area contributed by atoms with Gasteiger partial charge in [0.25, 0.3) is 0 Å². The first kappa shape index (κ1) is 18.0. The fourth-order valence-electron chi connectivity index (χ4n) is 2.55. The molecule has 2 rings (SSSR count). The third kappa shape index (κ3) is 4.33. The summed E-state index contributed by atoms with van der Waals surface area (Å²) in [6, 6.07) is 5.09. The van der Waals surface area contributed by atoms with Crippen molar-refractivity contribution in [1.29, 1.82) is 0 Å². The van der Waals surface area contributed by atoms with E-state index < -0.39 is 8.32 Å². The van der Waals surface area contributed by atoms with Crippen molar-refractivity contribution in [3.63, 3.8) is 0 Å². The number of anilines is 1. The van der Waals surface area contributed by atoms with Gasteiger partial charge in [0.05, 0.1) is 0 Å². The molecular weight excluding hydrogens is 361 g/mol. The Morgan fingerprint density at radius 3 is 2.27 bits per heavy atom. The van der Waals surface area contributed by atoms with Gasteiger partial charge in [-0.3, -0.25) is 0 Å². The van der Waals surface area contributed by atoms with Gasteiger partial charge in [0.15, 0.2) is 8.32 Å². The average Bonchev–Trinajstić information content (AvgIpc) is 2.36. The molecule has 2 nitrogen and oxygen atoms in total. The SMILES string of the molecule is CC(C)(C)[Si](C)(C)OC1CCN(c2cc(F)cc(Br)c2)CC1. The van der Waals surface area contributed by atoms with Gasteiger partial charge in [-0.1, -0.05) is 36.7 Å². The normalized spacial score (nSPS) is 17.9. The number of hydrogen-bond donors (Lipinski definition) is 0. The zero-order valence-corrected chi connectivity index (χ0v) is 16.8. The fraction of sp³-hybridized carbons (Fsp3) is 0.647. The molecule has 0 radical (unpaired) electrons. The molecule has 0 spiro atoms. The van der Waals surface area contributed by atoms with E-state index in [1.165, 1.54) is 6.07 Å². The van der Waals surface area contributed by atoms with Crippen LogP contribution in [0.3, 0.4) is 0 Å². The first-order valence-electron chi connectivity index (χ1n) is 7.97. The van der Waals surface area contributed by atoms with E-state index in [-0.39, 0.29) is 10.9 Å². The summed E-state index contributed by atoms with van der Waals surface area (Å²) in [5, 5.41) is 0.248. The molecule has 0 unspecified atom stereocenters. The van der Waals surface area contributed by atoms with Crippen molar-refractivity contribution >= 4 is 29.9 Å². The van der Waals surface area contributed by atoms with E-state index in [0.29, 0.717) is 6.10 Å². The molecule has 1 aliphatic heterocycles. The molecule has 1 heterocycles. The quantitative estimate of drug-likeness (QED) is 0.627. The maximum absolute atomic E-state index is 13.5. The molecule has 1 aromatic carbocycles. The minimum atomic E-state index is -1.70. The molecule has 1 aliphatic rings. The Hall–Kier alpha value is -0.393. The molecule has 0 saturated carbocycles. The first-order chi connectivity index (χ1) is 10.1. The highest BCUT2D eigenvalue weighted by Crippen LogP contribution is 2.38. The van der Waals surface area contributed by atoms with Gasteiger partial charge < -0.3 is 9.33 Å². The van der Waals surface area contributed by atoms with Crippen molar-refractivity contribution in [2.75, 3.05) is 18.0 Å². The second kappa shape index (κ2) is 6.61. The maximum Gasteiger partial charge on any atom is 0.192 e. The summed E-state index contributed by atoms with van der Waals surface area (Å²) in [7, 11) is -1.70. The van der Waals surface area contributed by atoms with Gasteiger partial charge in [0, 0.05) is 29.4 Å². The van der Waals surface area contributed by atoms with Crippen molar-refractivity contribution in [1.82, 2.24) is 0 Å². The molecule has 1 saturated heterocycles. The van der Waals surface area contributed by atoms with E-state index >= 15 is 0 Å². The summed E-state index contributed by atoms with van der Waals surface area (Å²) in [4.78, 5) is 2.25. The zero-order chi connectivity index (χ0) is 16.5. The molecule has 5 heteroatoms. The Morgan fingerprint density at radius 1 is 1.18 bits per heavy atom. The van der Waals surface area contributed by atoms with Gasteiger partial charge in [-0.05, 0) is 49.2 Å². The number of halogens is 2. The molecule has 0 atom stereocenters. The van der Waals surface area contributed by atoms with E-state index in [1.54, 1.807) is 6.07 Å². The molecule has 0 N–H and O–H groups in total. The van der Waals surface area contributed by atoms with E-state index in [2.05, 4.69) is 54.7 Å². The number of nitrogens with zero attached hydrogens (tertiary/aromatic N) is 1. The minimum absolute atomic E-state index is 0.191. The van der Waals surface area contributed by atoms with E-state index in [9.17, 15) is 4.39 Å². The lowest BCUT2D eigenvalue weighted by molar-refractivity contribution is 0.152. The second-order valence-corrected chi connectivity index (χ2v) is 13.4.